The quantitative estimate of drug-likeness (QED) is 0.722. The Morgan fingerprint density at radius 3 is 2.33 bits per heavy atom. The normalized spacial score (nSPS) is 10.7. The maximum Gasteiger partial charge on any atom is 0.120 e. The van der Waals surface area contributed by atoms with Crippen molar-refractivity contribution >= 4 is 50.7 Å². The van der Waals surface area contributed by atoms with Crippen LogP contribution in [-0.4, -0.2) is 5.11 Å². The summed E-state index contributed by atoms with van der Waals surface area (Å²) < 4.78 is 0.738. The van der Waals surface area contributed by atoms with Crippen molar-refractivity contribution in [1.82, 2.24) is 0 Å². The van der Waals surface area contributed by atoms with Crippen molar-refractivity contribution in [1.29, 1.82) is 0 Å². The molecule has 0 bridgehead atoms. The average Bonchev–Trinajstić information content (AvgIpc) is 2.29. The summed E-state index contributed by atoms with van der Waals surface area (Å²) in [5.74, 6) is 0.147. The summed E-state index contributed by atoms with van der Waals surface area (Å²) in [6.07, 6.45) is 0.512. The number of rotatable bonds is 2. The average molecular weight is 366 g/mol. The Morgan fingerprint density at radius 1 is 0.944 bits per heavy atom. The predicted molar refractivity (Wildman–Crippen MR) is 80.1 cm³/mol. The second kappa shape index (κ2) is 5.70. The Kier molecular flexibility index (Phi) is 4.44. The lowest BCUT2D eigenvalue weighted by atomic mass is 10.0. The van der Waals surface area contributed by atoms with Gasteiger partial charge in [0.2, 0.25) is 0 Å². The molecule has 0 aliphatic rings. The summed E-state index contributed by atoms with van der Waals surface area (Å²) in [5, 5.41) is 11.5. The molecule has 0 fully saturated rings. The maximum absolute atomic E-state index is 9.85. The Labute approximate surface area is 128 Å². The third kappa shape index (κ3) is 3.12. The van der Waals surface area contributed by atoms with Crippen LogP contribution in [0.4, 0.5) is 0 Å². The summed E-state index contributed by atoms with van der Waals surface area (Å²) in [6.45, 7) is 0. The lowest BCUT2D eigenvalue weighted by molar-refractivity contribution is 0.469. The van der Waals surface area contributed by atoms with Gasteiger partial charge in [-0.3, -0.25) is 0 Å². The number of aromatic hydroxyl groups is 1. The molecule has 0 saturated heterocycles. The summed E-state index contributed by atoms with van der Waals surface area (Å²) in [5.41, 5.74) is 1.64. The minimum atomic E-state index is 0.147. The lowest BCUT2D eigenvalue weighted by Crippen LogP contribution is -1.91. The van der Waals surface area contributed by atoms with Gasteiger partial charge < -0.3 is 5.11 Å². The van der Waals surface area contributed by atoms with E-state index in [4.69, 9.17) is 34.8 Å². The van der Waals surface area contributed by atoms with Gasteiger partial charge in [0.25, 0.3) is 0 Å². The van der Waals surface area contributed by atoms with Gasteiger partial charge in [-0.05, 0) is 51.3 Å². The van der Waals surface area contributed by atoms with Crippen molar-refractivity contribution in [3.05, 3.63) is 61.0 Å². The highest BCUT2D eigenvalue weighted by Gasteiger charge is 2.09. The molecule has 5 heteroatoms. The minimum absolute atomic E-state index is 0.147. The van der Waals surface area contributed by atoms with Crippen LogP contribution in [-0.2, 0) is 6.42 Å². The van der Waals surface area contributed by atoms with Crippen molar-refractivity contribution in [3.63, 3.8) is 0 Å². The highest BCUT2D eigenvalue weighted by Crippen LogP contribution is 2.33. The van der Waals surface area contributed by atoms with Gasteiger partial charge in [-0.2, -0.15) is 0 Å². The molecule has 0 saturated carbocycles. The fraction of sp³-hybridized carbons (Fsp3) is 0.0769. The second-order valence-corrected chi connectivity index (χ2v) is 5.91. The van der Waals surface area contributed by atoms with Crippen LogP contribution in [0.3, 0.4) is 0 Å². The van der Waals surface area contributed by atoms with E-state index in [0.717, 1.165) is 15.6 Å². The van der Waals surface area contributed by atoms with Crippen LogP contribution < -0.4 is 0 Å². The first-order valence-corrected chi connectivity index (χ1v) is 7.01. The smallest absolute Gasteiger partial charge is 0.120 e. The molecular weight excluding hydrogens is 358 g/mol. The third-order valence-corrected chi connectivity index (χ3v) is 4.30. The van der Waals surface area contributed by atoms with Gasteiger partial charge in [-0.15, -0.1) is 0 Å². The zero-order valence-electron chi connectivity index (χ0n) is 9.05. The monoisotopic (exact) mass is 364 g/mol. The Morgan fingerprint density at radius 2 is 1.67 bits per heavy atom. The van der Waals surface area contributed by atoms with E-state index in [1.54, 1.807) is 18.2 Å². The molecule has 2 rings (SSSR count). The van der Waals surface area contributed by atoms with Gasteiger partial charge >= 0.3 is 0 Å². The SMILES string of the molecule is Oc1cc(Cl)c(Br)cc1Cc1ccc(Cl)cc1Cl. The van der Waals surface area contributed by atoms with E-state index < -0.39 is 0 Å². The van der Waals surface area contributed by atoms with Gasteiger partial charge in [-0.1, -0.05) is 40.9 Å². The van der Waals surface area contributed by atoms with Gasteiger partial charge in [0.1, 0.15) is 5.75 Å². The van der Waals surface area contributed by atoms with Crippen molar-refractivity contribution < 1.29 is 5.11 Å². The molecule has 0 amide bonds. The van der Waals surface area contributed by atoms with Gasteiger partial charge in [-0.25, -0.2) is 0 Å². The number of benzene rings is 2. The molecule has 94 valence electrons. The molecule has 0 aliphatic carbocycles. The van der Waals surface area contributed by atoms with Crippen molar-refractivity contribution in [2.75, 3.05) is 0 Å². The largest absolute Gasteiger partial charge is 0.508 e. The van der Waals surface area contributed by atoms with Crippen molar-refractivity contribution in [2.45, 2.75) is 6.42 Å². The zero-order chi connectivity index (χ0) is 13.3. The lowest BCUT2D eigenvalue weighted by Gasteiger charge is -2.08. The van der Waals surface area contributed by atoms with E-state index in [2.05, 4.69) is 15.9 Å². The number of hydrogen-bond acceptors (Lipinski definition) is 1. The molecule has 1 nitrogen and oxygen atoms in total. The molecule has 0 aromatic heterocycles. The van der Waals surface area contributed by atoms with E-state index in [9.17, 15) is 5.11 Å². The summed E-state index contributed by atoms with van der Waals surface area (Å²) in [6, 6.07) is 8.57. The van der Waals surface area contributed by atoms with E-state index in [0.29, 0.717) is 21.5 Å². The summed E-state index contributed by atoms with van der Waals surface area (Å²) in [4.78, 5) is 0. The highest BCUT2D eigenvalue weighted by atomic mass is 79.9. The molecule has 0 aliphatic heterocycles. The second-order valence-electron chi connectivity index (χ2n) is 3.81. The van der Waals surface area contributed by atoms with E-state index in [1.807, 2.05) is 6.07 Å². The standard InChI is InChI=1S/C13H8BrCl3O/c14-10-4-8(13(18)6-12(10)17)3-7-1-2-9(15)5-11(7)16/h1-2,4-6,18H,3H2. The summed E-state index contributed by atoms with van der Waals surface area (Å²) in [7, 11) is 0. The van der Waals surface area contributed by atoms with Crippen molar-refractivity contribution in [2.24, 2.45) is 0 Å². The number of halogens is 4. The molecule has 18 heavy (non-hydrogen) atoms. The Balaban J connectivity index is 2.37. The molecule has 0 radical (unpaired) electrons. The Bertz CT molecular complexity index is 599. The molecule has 2 aromatic rings. The number of phenolic OH excluding ortho intramolecular Hbond substituents is 1. The van der Waals surface area contributed by atoms with Crippen LogP contribution in [0, 0.1) is 0 Å². The maximum atomic E-state index is 9.85. The third-order valence-electron chi connectivity index (χ3n) is 2.52. The van der Waals surface area contributed by atoms with E-state index >= 15 is 0 Å². The molecule has 0 spiro atoms. The fourth-order valence-corrected chi connectivity index (χ4v) is 2.61. The van der Waals surface area contributed by atoms with Gasteiger partial charge in [0, 0.05) is 20.9 Å². The molecule has 0 heterocycles. The Hall–Kier alpha value is -0.410. The fourth-order valence-electron chi connectivity index (χ4n) is 1.59. The first-order valence-electron chi connectivity index (χ1n) is 5.08. The topological polar surface area (TPSA) is 20.2 Å². The molecule has 2 aromatic carbocycles. The highest BCUT2D eigenvalue weighted by molar-refractivity contribution is 9.10. The zero-order valence-corrected chi connectivity index (χ0v) is 12.9. The molecule has 1 N–H and O–H groups in total. The molecule has 0 atom stereocenters. The van der Waals surface area contributed by atoms with E-state index in [1.165, 1.54) is 6.07 Å². The van der Waals surface area contributed by atoms with Crippen LogP contribution in [0.2, 0.25) is 15.1 Å². The van der Waals surface area contributed by atoms with E-state index in [-0.39, 0.29) is 5.75 Å². The van der Waals surface area contributed by atoms with Gasteiger partial charge in [0.05, 0.1) is 5.02 Å². The minimum Gasteiger partial charge on any atom is -0.508 e. The van der Waals surface area contributed by atoms with Crippen LogP contribution in [0.15, 0.2) is 34.8 Å². The van der Waals surface area contributed by atoms with Crippen LogP contribution in [0.25, 0.3) is 0 Å². The number of phenols is 1. The number of hydrogen-bond donors (Lipinski definition) is 1. The van der Waals surface area contributed by atoms with Crippen LogP contribution in [0.5, 0.6) is 5.75 Å². The predicted octanol–water partition coefficient (Wildman–Crippen LogP) is 5.71. The molecule has 0 unspecified atom stereocenters. The van der Waals surface area contributed by atoms with Crippen LogP contribution >= 0.6 is 50.7 Å². The van der Waals surface area contributed by atoms with Crippen molar-refractivity contribution in [3.8, 4) is 5.75 Å². The van der Waals surface area contributed by atoms with Gasteiger partial charge in [0.15, 0.2) is 0 Å². The summed E-state index contributed by atoms with van der Waals surface area (Å²) >= 11 is 21.2. The molecular formula is C13H8BrCl3O. The first-order chi connectivity index (χ1) is 8.47. The van der Waals surface area contributed by atoms with Crippen LogP contribution in [0.1, 0.15) is 11.1 Å². The first kappa shape index (κ1) is 14.0.